The smallest absolute Gasteiger partial charge is 0.255 e. The van der Waals surface area contributed by atoms with Crippen LogP contribution in [0.2, 0.25) is 0 Å². The highest BCUT2D eigenvalue weighted by Crippen LogP contribution is 2.15. The fourth-order valence-electron chi connectivity index (χ4n) is 2.26. The average Bonchev–Trinajstić information content (AvgIpc) is 3.16. The zero-order valence-electron chi connectivity index (χ0n) is 13.7. The summed E-state index contributed by atoms with van der Waals surface area (Å²) in [5, 5.41) is 2.85. The van der Waals surface area contributed by atoms with Crippen molar-refractivity contribution in [3.8, 4) is 5.82 Å². The minimum absolute atomic E-state index is 0.155. The van der Waals surface area contributed by atoms with Crippen molar-refractivity contribution < 1.29 is 4.79 Å². The Morgan fingerprint density at radius 2 is 2.00 bits per heavy atom. The second-order valence-electron chi connectivity index (χ2n) is 5.39. The summed E-state index contributed by atoms with van der Waals surface area (Å²) in [6, 6.07) is 11.2. The highest BCUT2D eigenvalue weighted by molar-refractivity contribution is 6.04. The summed E-state index contributed by atoms with van der Waals surface area (Å²) in [7, 11) is 2.02. The SMILES string of the molecule is CCN(C)c1ccc(C(=O)Nc2ccc(-n3ccnc3)nc2)cc1. The number of aromatic nitrogens is 3. The van der Waals surface area contributed by atoms with E-state index in [0.29, 0.717) is 11.3 Å². The van der Waals surface area contributed by atoms with Crippen molar-refractivity contribution in [2.24, 2.45) is 0 Å². The van der Waals surface area contributed by atoms with E-state index in [2.05, 4.69) is 27.1 Å². The lowest BCUT2D eigenvalue weighted by atomic mass is 10.2. The molecule has 6 nitrogen and oxygen atoms in total. The van der Waals surface area contributed by atoms with E-state index in [1.165, 1.54) is 0 Å². The molecule has 1 amide bonds. The summed E-state index contributed by atoms with van der Waals surface area (Å²) >= 11 is 0. The van der Waals surface area contributed by atoms with E-state index in [0.717, 1.165) is 18.1 Å². The third-order valence-electron chi connectivity index (χ3n) is 3.82. The molecule has 2 aromatic heterocycles. The molecule has 0 saturated carbocycles. The molecule has 0 unspecified atom stereocenters. The number of amides is 1. The molecule has 1 N–H and O–H groups in total. The Balaban J connectivity index is 1.68. The molecule has 0 fully saturated rings. The Morgan fingerprint density at radius 1 is 1.21 bits per heavy atom. The maximum atomic E-state index is 12.3. The van der Waals surface area contributed by atoms with E-state index in [4.69, 9.17) is 0 Å². The monoisotopic (exact) mass is 321 g/mol. The Labute approximate surface area is 140 Å². The molecule has 0 aliphatic heterocycles. The Hall–Kier alpha value is -3.15. The van der Waals surface area contributed by atoms with Crippen LogP contribution in [-0.2, 0) is 0 Å². The topological polar surface area (TPSA) is 63.1 Å². The van der Waals surface area contributed by atoms with Gasteiger partial charge in [0.15, 0.2) is 0 Å². The summed E-state index contributed by atoms with van der Waals surface area (Å²) < 4.78 is 1.80. The number of rotatable bonds is 5. The number of anilines is 2. The lowest BCUT2D eigenvalue weighted by Crippen LogP contribution is -2.16. The minimum atomic E-state index is -0.155. The number of pyridine rings is 1. The number of hydrogen-bond donors (Lipinski definition) is 1. The van der Waals surface area contributed by atoms with Crippen LogP contribution in [0.15, 0.2) is 61.3 Å². The number of benzene rings is 1. The second-order valence-corrected chi connectivity index (χ2v) is 5.39. The molecule has 0 saturated heterocycles. The number of carbonyl (C=O) groups is 1. The van der Waals surface area contributed by atoms with Gasteiger partial charge < -0.3 is 10.2 Å². The molecule has 0 bridgehead atoms. The molecular weight excluding hydrogens is 302 g/mol. The summed E-state index contributed by atoms with van der Waals surface area (Å²) in [6.45, 7) is 3.00. The molecule has 0 aliphatic rings. The molecule has 2 heterocycles. The van der Waals surface area contributed by atoms with Crippen LogP contribution < -0.4 is 10.2 Å². The van der Waals surface area contributed by atoms with Gasteiger partial charge in [0, 0.05) is 37.2 Å². The van der Waals surface area contributed by atoms with Crippen LogP contribution in [0.25, 0.3) is 5.82 Å². The highest BCUT2D eigenvalue weighted by atomic mass is 16.1. The van der Waals surface area contributed by atoms with E-state index in [1.807, 2.05) is 49.6 Å². The van der Waals surface area contributed by atoms with E-state index < -0.39 is 0 Å². The molecule has 3 aromatic rings. The third-order valence-corrected chi connectivity index (χ3v) is 3.82. The second kappa shape index (κ2) is 6.95. The Morgan fingerprint density at radius 3 is 2.58 bits per heavy atom. The normalized spacial score (nSPS) is 10.4. The van der Waals surface area contributed by atoms with Gasteiger partial charge >= 0.3 is 0 Å². The fourth-order valence-corrected chi connectivity index (χ4v) is 2.26. The standard InChI is InChI=1S/C18H19N5O/c1-3-22(2)16-7-4-14(5-8-16)18(24)21-15-6-9-17(20-12-15)23-11-10-19-13-23/h4-13H,3H2,1-2H3,(H,21,24). The van der Waals surface area contributed by atoms with Crippen LogP contribution in [0.5, 0.6) is 0 Å². The molecule has 24 heavy (non-hydrogen) atoms. The van der Waals surface area contributed by atoms with Gasteiger partial charge in [0.25, 0.3) is 5.91 Å². The van der Waals surface area contributed by atoms with Crippen molar-refractivity contribution in [1.82, 2.24) is 14.5 Å². The van der Waals surface area contributed by atoms with Gasteiger partial charge in [0.2, 0.25) is 0 Å². The van der Waals surface area contributed by atoms with Gasteiger partial charge in [-0.25, -0.2) is 9.97 Å². The van der Waals surface area contributed by atoms with Crippen molar-refractivity contribution in [1.29, 1.82) is 0 Å². The molecule has 0 radical (unpaired) electrons. The van der Waals surface area contributed by atoms with Crippen molar-refractivity contribution in [2.75, 3.05) is 23.8 Å². The lowest BCUT2D eigenvalue weighted by Gasteiger charge is -2.16. The van der Waals surface area contributed by atoms with Crippen molar-refractivity contribution in [3.63, 3.8) is 0 Å². The van der Waals surface area contributed by atoms with Gasteiger partial charge in [0.05, 0.1) is 11.9 Å². The summed E-state index contributed by atoms with van der Waals surface area (Å²) in [5.74, 6) is 0.593. The van der Waals surface area contributed by atoms with Crippen LogP contribution in [0.1, 0.15) is 17.3 Å². The lowest BCUT2D eigenvalue weighted by molar-refractivity contribution is 0.102. The van der Waals surface area contributed by atoms with Crippen LogP contribution in [0, 0.1) is 0 Å². The van der Waals surface area contributed by atoms with E-state index in [-0.39, 0.29) is 5.91 Å². The van der Waals surface area contributed by atoms with E-state index in [9.17, 15) is 4.79 Å². The molecule has 0 aliphatic carbocycles. The molecule has 0 atom stereocenters. The zero-order chi connectivity index (χ0) is 16.9. The van der Waals surface area contributed by atoms with Gasteiger partial charge in [-0.05, 0) is 43.3 Å². The van der Waals surface area contributed by atoms with Crippen LogP contribution in [-0.4, -0.2) is 34.0 Å². The molecule has 1 aromatic carbocycles. The van der Waals surface area contributed by atoms with Crippen LogP contribution in [0.4, 0.5) is 11.4 Å². The van der Waals surface area contributed by atoms with Gasteiger partial charge in [-0.2, -0.15) is 0 Å². The predicted molar refractivity (Wildman–Crippen MR) is 94.7 cm³/mol. The quantitative estimate of drug-likeness (QED) is 0.785. The zero-order valence-corrected chi connectivity index (χ0v) is 13.7. The minimum Gasteiger partial charge on any atom is -0.375 e. The molecule has 6 heteroatoms. The van der Waals surface area contributed by atoms with Crippen molar-refractivity contribution >= 4 is 17.3 Å². The number of nitrogens with zero attached hydrogens (tertiary/aromatic N) is 4. The molecule has 122 valence electrons. The molecule has 3 rings (SSSR count). The van der Waals surface area contributed by atoms with Crippen LogP contribution in [0.3, 0.4) is 0 Å². The Bertz CT molecular complexity index is 794. The van der Waals surface area contributed by atoms with Gasteiger partial charge in [-0.1, -0.05) is 0 Å². The number of carbonyl (C=O) groups excluding carboxylic acids is 1. The summed E-state index contributed by atoms with van der Waals surface area (Å²) in [5.41, 5.74) is 2.35. The first-order chi connectivity index (χ1) is 11.7. The van der Waals surface area contributed by atoms with Crippen LogP contribution >= 0.6 is 0 Å². The van der Waals surface area contributed by atoms with Gasteiger partial charge in [0.1, 0.15) is 12.1 Å². The average molecular weight is 321 g/mol. The first-order valence-electron chi connectivity index (χ1n) is 7.74. The maximum absolute atomic E-state index is 12.3. The maximum Gasteiger partial charge on any atom is 0.255 e. The number of imidazole rings is 1. The number of hydrogen-bond acceptors (Lipinski definition) is 4. The van der Waals surface area contributed by atoms with Gasteiger partial charge in [-0.15, -0.1) is 0 Å². The largest absolute Gasteiger partial charge is 0.375 e. The highest BCUT2D eigenvalue weighted by Gasteiger charge is 2.07. The first-order valence-corrected chi connectivity index (χ1v) is 7.74. The van der Waals surface area contributed by atoms with Gasteiger partial charge in [-0.3, -0.25) is 9.36 Å². The van der Waals surface area contributed by atoms with E-state index in [1.54, 1.807) is 23.3 Å². The summed E-state index contributed by atoms with van der Waals surface area (Å²) in [6.07, 6.45) is 6.81. The number of nitrogens with one attached hydrogen (secondary N) is 1. The Kier molecular flexibility index (Phi) is 4.56. The van der Waals surface area contributed by atoms with Crippen molar-refractivity contribution in [2.45, 2.75) is 6.92 Å². The predicted octanol–water partition coefficient (Wildman–Crippen LogP) is 2.98. The first kappa shape index (κ1) is 15.7. The fraction of sp³-hybridized carbons (Fsp3) is 0.167. The molecular formula is C18H19N5O. The molecule has 0 spiro atoms. The van der Waals surface area contributed by atoms with Crippen molar-refractivity contribution in [3.05, 3.63) is 66.9 Å². The van der Waals surface area contributed by atoms with E-state index >= 15 is 0 Å². The third kappa shape index (κ3) is 3.43. The summed E-state index contributed by atoms with van der Waals surface area (Å²) in [4.78, 5) is 22.7.